The van der Waals surface area contributed by atoms with E-state index in [1.807, 2.05) is 0 Å². The van der Waals surface area contributed by atoms with Crippen LogP contribution >= 0.6 is 22.9 Å². The van der Waals surface area contributed by atoms with Crippen LogP contribution in [0.5, 0.6) is 0 Å². The van der Waals surface area contributed by atoms with E-state index in [-0.39, 0.29) is 0 Å². The highest BCUT2D eigenvalue weighted by atomic mass is 127. The first kappa shape index (κ1) is 9.74. The molecule has 2 nitrogen and oxygen atoms in total. The summed E-state index contributed by atoms with van der Waals surface area (Å²) in [6.45, 7) is 9.23. The topological polar surface area (TPSA) is 6.48 Å². The van der Waals surface area contributed by atoms with Crippen LogP contribution in [0.1, 0.15) is 27.2 Å². The molecule has 0 bridgehead atoms. The van der Waals surface area contributed by atoms with Crippen molar-refractivity contribution in [3.8, 4) is 0 Å². The van der Waals surface area contributed by atoms with E-state index in [2.05, 4.69) is 51.6 Å². The Kier molecular flexibility index (Phi) is 3.58. The molecule has 3 heteroatoms. The summed E-state index contributed by atoms with van der Waals surface area (Å²) in [5.74, 6) is 0. The lowest BCUT2D eigenvalue weighted by atomic mass is 10.1. The average molecular weight is 268 g/mol. The Bertz CT molecular complexity index is 127. The third-order valence-electron chi connectivity index (χ3n) is 2.34. The molecule has 0 radical (unpaired) electrons. The maximum absolute atomic E-state index is 2.54. The molecule has 0 aliphatic carbocycles. The zero-order chi connectivity index (χ0) is 8.43. The third kappa shape index (κ3) is 2.56. The Morgan fingerprint density at radius 2 is 2.09 bits per heavy atom. The van der Waals surface area contributed by atoms with E-state index in [0.29, 0.717) is 6.04 Å². The molecule has 1 aliphatic rings. The minimum atomic E-state index is 0.683. The molecule has 0 aromatic heterocycles. The molecule has 0 spiro atoms. The molecule has 66 valence electrons. The zero-order valence-electron chi connectivity index (χ0n) is 7.55. The fourth-order valence-corrected chi connectivity index (χ4v) is 2.18. The molecule has 0 aromatic carbocycles. The number of hydrogen-bond donors (Lipinski definition) is 0. The molecule has 1 fully saturated rings. The monoisotopic (exact) mass is 268 g/mol. The second kappa shape index (κ2) is 4.05. The Morgan fingerprint density at radius 3 is 2.55 bits per heavy atom. The van der Waals surface area contributed by atoms with E-state index in [4.69, 9.17) is 0 Å². The number of nitrogens with zero attached hydrogens (tertiary/aromatic N) is 2. The largest absolute Gasteiger partial charge is 0.285 e. The van der Waals surface area contributed by atoms with Gasteiger partial charge in [-0.15, -0.1) is 0 Å². The van der Waals surface area contributed by atoms with E-state index >= 15 is 0 Å². The Labute approximate surface area is 83.4 Å². The van der Waals surface area contributed by atoms with Gasteiger partial charge in [0, 0.05) is 41.5 Å². The minimum Gasteiger partial charge on any atom is -0.285 e. The Morgan fingerprint density at radius 1 is 1.45 bits per heavy atom. The van der Waals surface area contributed by atoms with E-state index in [9.17, 15) is 0 Å². The van der Waals surface area contributed by atoms with Crippen molar-refractivity contribution < 1.29 is 0 Å². The molecule has 0 N–H and O–H groups in total. The SMILES string of the molecule is CC(C)N1CN(I)CCC1C. The first-order valence-corrected chi connectivity index (χ1v) is 5.24. The van der Waals surface area contributed by atoms with Gasteiger partial charge < -0.3 is 0 Å². The molecule has 11 heavy (non-hydrogen) atoms. The third-order valence-corrected chi connectivity index (χ3v) is 3.12. The van der Waals surface area contributed by atoms with E-state index in [1.54, 1.807) is 0 Å². The summed E-state index contributed by atoms with van der Waals surface area (Å²) in [6, 6.07) is 1.45. The molecule has 1 rings (SSSR count). The summed E-state index contributed by atoms with van der Waals surface area (Å²) in [6.07, 6.45) is 1.31. The van der Waals surface area contributed by atoms with Crippen molar-refractivity contribution in [2.75, 3.05) is 13.2 Å². The van der Waals surface area contributed by atoms with Gasteiger partial charge in [0.05, 0.1) is 6.67 Å². The first-order valence-electron chi connectivity index (χ1n) is 4.27. The highest BCUT2D eigenvalue weighted by Gasteiger charge is 2.23. The molecular formula is C8H17IN2. The molecule has 1 heterocycles. The zero-order valence-corrected chi connectivity index (χ0v) is 9.71. The molecule has 0 amide bonds. The normalized spacial score (nSPS) is 29.7. The summed E-state index contributed by atoms with van der Waals surface area (Å²) in [5.41, 5.74) is 0. The highest BCUT2D eigenvalue weighted by Crippen LogP contribution is 2.18. The van der Waals surface area contributed by atoms with Crippen LogP contribution in [-0.4, -0.2) is 33.3 Å². The summed E-state index contributed by atoms with van der Waals surface area (Å²) >= 11 is 2.41. The fraction of sp³-hybridized carbons (Fsp3) is 1.00. The van der Waals surface area contributed by atoms with Crippen molar-refractivity contribution >= 4 is 22.9 Å². The van der Waals surface area contributed by atoms with Crippen LogP contribution < -0.4 is 0 Å². The molecule has 0 aromatic rings. The van der Waals surface area contributed by atoms with Gasteiger partial charge in [-0.25, -0.2) is 3.11 Å². The van der Waals surface area contributed by atoms with Gasteiger partial charge in [-0.1, -0.05) is 0 Å². The van der Waals surface area contributed by atoms with Crippen LogP contribution in [0.3, 0.4) is 0 Å². The quantitative estimate of drug-likeness (QED) is 0.531. The number of hydrogen-bond acceptors (Lipinski definition) is 2. The van der Waals surface area contributed by atoms with Gasteiger partial charge in [-0.3, -0.25) is 4.90 Å². The van der Waals surface area contributed by atoms with E-state index in [1.165, 1.54) is 13.0 Å². The summed E-state index contributed by atoms with van der Waals surface area (Å²) in [5, 5.41) is 0. The molecule has 1 aliphatic heterocycles. The molecule has 1 atom stereocenters. The summed E-state index contributed by atoms with van der Waals surface area (Å²) in [7, 11) is 0. The van der Waals surface area contributed by atoms with Crippen LogP contribution in [-0.2, 0) is 0 Å². The Balaban J connectivity index is 2.47. The van der Waals surface area contributed by atoms with Gasteiger partial charge in [0.25, 0.3) is 0 Å². The molecular weight excluding hydrogens is 251 g/mol. The van der Waals surface area contributed by atoms with Crippen molar-refractivity contribution in [2.24, 2.45) is 0 Å². The van der Waals surface area contributed by atoms with Crippen molar-refractivity contribution in [3.63, 3.8) is 0 Å². The van der Waals surface area contributed by atoms with Gasteiger partial charge in [-0.05, 0) is 27.2 Å². The fourth-order valence-electron chi connectivity index (χ4n) is 1.55. The average Bonchev–Trinajstić information content (AvgIpc) is 1.94. The van der Waals surface area contributed by atoms with Crippen LogP contribution in [0, 0.1) is 0 Å². The smallest absolute Gasteiger partial charge is 0.0603 e. The van der Waals surface area contributed by atoms with Crippen LogP contribution in [0.2, 0.25) is 0 Å². The molecule has 0 saturated carbocycles. The van der Waals surface area contributed by atoms with E-state index in [0.717, 1.165) is 12.7 Å². The standard InChI is InChI=1S/C8H17IN2/c1-7(2)11-6-10(9)5-4-8(11)3/h7-8H,4-6H2,1-3H3. The number of rotatable bonds is 1. The Hall–Kier alpha value is 0.650. The van der Waals surface area contributed by atoms with Gasteiger partial charge in [0.1, 0.15) is 0 Å². The van der Waals surface area contributed by atoms with Crippen molar-refractivity contribution in [1.82, 2.24) is 8.01 Å². The van der Waals surface area contributed by atoms with Gasteiger partial charge in [-0.2, -0.15) is 0 Å². The minimum absolute atomic E-state index is 0.683. The summed E-state index contributed by atoms with van der Waals surface area (Å²) < 4.78 is 2.36. The van der Waals surface area contributed by atoms with Crippen molar-refractivity contribution in [3.05, 3.63) is 0 Å². The van der Waals surface area contributed by atoms with Gasteiger partial charge >= 0.3 is 0 Å². The van der Waals surface area contributed by atoms with Crippen LogP contribution in [0.15, 0.2) is 0 Å². The second-order valence-corrected chi connectivity index (χ2v) is 4.94. The lowest BCUT2D eigenvalue weighted by Crippen LogP contribution is -2.48. The van der Waals surface area contributed by atoms with E-state index < -0.39 is 0 Å². The predicted molar refractivity (Wildman–Crippen MR) is 56.6 cm³/mol. The van der Waals surface area contributed by atoms with Crippen molar-refractivity contribution in [1.29, 1.82) is 0 Å². The molecule has 1 saturated heterocycles. The maximum atomic E-state index is 2.54. The first-order chi connectivity index (χ1) is 5.11. The highest BCUT2D eigenvalue weighted by molar-refractivity contribution is 14.1. The van der Waals surface area contributed by atoms with Crippen LogP contribution in [0.25, 0.3) is 0 Å². The molecule has 1 unspecified atom stereocenters. The van der Waals surface area contributed by atoms with Gasteiger partial charge in [0.15, 0.2) is 0 Å². The maximum Gasteiger partial charge on any atom is 0.0603 e. The second-order valence-electron chi connectivity index (χ2n) is 3.57. The lowest BCUT2D eigenvalue weighted by molar-refractivity contribution is 0.0802. The predicted octanol–water partition coefficient (Wildman–Crippen LogP) is 2.10. The number of halogens is 1. The van der Waals surface area contributed by atoms with Gasteiger partial charge in [0.2, 0.25) is 0 Å². The lowest BCUT2D eigenvalue weighted by Gasteiger charge is -2.39. The summed E-state index contributed by atoms with van der Waals surface area (Å²) in [4.78, 5) is 2.54. The van der Waals surface area contributed by atoms with Crippen LogP contribution in [0.4, 0.5) is 0 Å². The van der Waals surface area contributed by atoms with Crippen molar-refractivity contribution in [2.45, 2.75) is 39.3 Å².